The summed E-state index contributed by atoms with van der Waals surface area (Å²) in [6, 6.07) is 6.43. The topological polar surface area (TPSA) is 50.7 Å². The highest BCUT2D eigenvalue weighted by molar-refractivity contribution is 5.29. The van der Waals surface area contributed by atoms with Gasteiger partial charge < -0.3 is 19.9 Å². The van der Waals surface area contributed by atoms with Crippen molar-refractivity contribution >= 4 is 0 Å². The molecule has 0 heterocycles. The minimum absolute atomic E-state index is 0.0142. The largest absolute Gasteiger partial charge is 0.435 e. The lowest BCUT2D eigenvalue weighted by Crippen LogP contribution is -2.39. The van der Waals surface area contributed by atoms with Gasteiger partial charge in [-0.3, -0.25) is 0 Å². The predicted octanol–water partition coefficient (Wildman–Crippen LogP) is 2.73. The third kappa shape index (κ3) is 6.84. The van der Waals surface area contributed by atoms with Crippen LogP contribution in [0, 0.1) is 0 Å². The number of nitrogens with one attached hydrogen (secondary N) is 1. The monoisotopic (exact) mass is 303 g/mol. The maximum Gasteiger partial charge on any atom is 0.387 e. The summed E-state index contributed by atoms with van der Waals surface area (Å²) in [7, 11) is 1.59. The molecule has 2 atom stereocenters. The summed E-state index contributed by atoms with van der Waals surface area (Å²) in [5, 5.41) is 13.4. The van der Waals surface area contributed by atoms with Crippen LogP contribution in [0.2, 0.25) is 0 Å². The molecule has 0 saturated heterocycles. The Morgan fingerprint density at radius 2 is 1.90 bits per heavy atom. The summed E-state index contributed by atoms with van der Waals surface area (Å²) < 4.78 is 33.4. The van der Waals surface area contributed by atoms with E-state index in [9.17, 15) is 13.9 Å². The van der Waals surface area contributed by atoms with Gasteiger partial charge in [-0.1, -0.05) is 12.1 Å². The molecule has 0 aliphatic rings. The Hall–Kier alpha value is -1.24. The van der Waals surface area contributed by atoms with Gasteiger partial charge in [0.15, 0.2) is 0 Å². The van der Waals surface area contributed by atoms with Gasteiger partial charge in [0.1, 0.15) is 5.75 Å². The summed E-state index contributed by atoms with van der Waals surface area (Å²) in [6.07, 6.45) is 0.532. The molecule has 0 aliphatic heterocycles. The van der Waals surface area contributed by atoms with E-state index in [1.165, 1.54) is 12.1 Å². The molecule has 0 spiro atoms. The van der Waals surface area contributed by atoms with Crippen LogP contribution in [0.4, 0.5) is 8.78 Å². The molecular formula is C15H23F2NO3. The third-order valence-electron chi connectivity index (χ3n) is 3.24. The van der Waals surface area contributed by atoms with Crippen LogP contribution in [0.25, 0.3) is 0 Å². The molecule has 1 rings (SSSR count). The average Bonchev–Trinajstić information content (AvgIpc) is 2.43. The van der Waals surface area contributed by atoms with Crippen LogP contribution in [-0.4, -0.2) is 37.6 Å². The average molecular weight is 303 g/mol. The van der Waals surface area contributed by atoms with Crippen molar-refractivity contribution in [3.8, 4) is 5.75 Å². The van der Waals surface area contributed by atoms with Crippen molar-refractivity contribution in [2.24, 2.45) is 0 Å². The fourth-order valence-corrected chi connectivity index (χ4v) is 1.84. The normalized spacial score (nSPS) is 15.8. The molecule has 120 valence electrons. The number of hydrogen-bond acceptors (Lipinski definition) is 4. The van der Waals surface area contributed by atoms with Gasteiger partial charge >= 0.3 is 6.61 Å². The predicted molar refractivity (Wildman–Crippen MR) is 76.6 cm³/mol. The molecule has 6 heteroatoms. The molecule has 0 aliphatic carbocycles. The first-order valence-corrected chi connectivity index (χ1v) is 6.83. The van der Waals surface area contributed by atoms with E-state index in [-0.39, 0.29) is 11.8 Å². The second-order valence-electron chi connectivity index (χ2n) is 5.29. The Morgan fingerprint density at radius 3 is 2.43 bits per heavy atom. The van der Waals surface area contributed by atoms with E-state index in [1.807, 2.05) is 6.92 Å². The van der Waals surface area contributed by atoms with Crippen molar-refractivity contribution in [2.45, 2.75) is 38.5 Å². The van der Waals surface area contributed by atoms with Crippen LogP contribution in [0.3, 0.4) is 0 Å². The van der Waals surface area contributed by atoms with Crippen molar-refractivity contribution < 1.29 is 23.4 Å². The van der Waals surface area contributed by atoms with Crippen LogP contribution in [0.1, 0.15) is 31.9 Å². The number of alkyl halides is 2. The van der Waals surface area contributed by atoms with E-state index < -0.39 is 12.2 Å². The number of methoxy groups -OCH3 is 1. The molecule has 1 aromatic rings. The second-order valence-corrected chi connectivity index (χ2v) is 5.29. The zero-order chi connectivity index (χ0) is 15.9. The molecule has 0 saturated carbocycles. The van der Waals surface area contributed by atoms with Crippen LogP contribution >= 0.6 is 0 Å². The summed E-state index contributed by atoms with van der Waals surface area (Å²) in [6.45, 7) is 1.76. The third-order valence-corrected chi connectivity index (χ3v) is 3.24. The summed E-state index contributed by atoms with van der Waals surface area (Å²) >= 11 is 0. The number of halogens is 2. The zero-order valence-corrected chi connectivity index (χ0v) is 12.6. The van der Waals surface area contributed by atoms with E-state index >= 15 is 0 Å². The van der Waals surface area contributed by atoms with E-state index in [0.29, 0.717) is 19.6 Å². The van der Waals surface area contributed by atoms with Gasteiger partial charge in [-0.15, -0.1) is 0 Å². The first-order chi connectivity index (χ1) is 9.84. The zero-order valence-electron chi connectivity index (χ0n) is 12.6. The van der Waals surface area contributed by atoms with Gasteiger partial charge in [0, 0.05) is 32.7 Å². The SMILES string of the molecule is COCCC(C)(O)CNC(C)c1ccc(OC(F)F)cc1. The van der Waals surface area contributed by atoms with Crippen LogP contribution in [0.15, 0.2) is 24.3 Å². The van der Waals surface area contributed by atoms with E-state index in [4.69, 9.17) is 4.74 Å². The Kier molecular flexibility index (Phi) is 7.01. The number of ether oxygens (including phenoxy) is 2. The standard InChI is InChI=1S/C15H23F2NO3/c1-11(18-10-15(2,19)8-9-20-3)12-4-6-13(7-5-12)21-14(16)17/h4-7,11,14,18-19H,8-10H2,1-3H3. The molecule has 2 unspecified atom stereocenters. The first kappa shape index (κ1) is 17.8. The molecule has 0 radical (unpaired) electrons. The van der Waals surface area contributed by atoms with Gasteiger partial charge in [-0.05, 0) is 31.5 Å². The highest BCUT2D eigenvalue weighted by Crippen LogP contribution is 2.20. The number of aliphatic hydroxyl groups is 1. The number of benzene rings is 1. The van der Waals surface area contributed by atoms with Crippen molar-refractivity contribution in [1.82, 2.24) is 5.32 Å². The van der Waals surface area contributed by atoms with Gasteiger partial charge in [-0.2, -0.15) is 8.78 Å². The first-order valence-electron chi connectivity index (χ1n) is 6.83. The second kappa shape index (κ2) is 8.26. The van der Waals surface area contributed by atoms with E-state index in [1.54, 1.807) is 26.2 Å². The van der Waals surface area contributed by atoms with E-state index in [0.717, 1.165) is 5.56 Å². The molecule has 21 heavy (non-hydrogen) atoms. The lowest BCUT2D eigenvalue weighted by molar-refractivity contribution is -0.0498. The summed E-state index contributed by atoms with van der Waals surface area (Å²) in [5.41, 5.74) is 0.0716. The van der Waals surface area contributed by atoms with Gasteiger partial charge in [0.05, 0.1) is 5.60 Å². The fourth-order valence-electron chi connectivity index (χ4n) is 1.84. The number of hydrogen-bond donors (Lipinski definition) is 2. The minimum Gasteiger partial charge on any atom is -0.435 e. The van der Waals surface area contributed by atoms with Crippen molar-refractivity contribution in [1.29, 1.82) is 0 Å². The molecule has 4 nitrogen and oxygen atoms in total. The molecule has 0 aromatic heterocycles. The van der Waals surface area contributed by atoms with Crippen molar-refractivity contribution in [2.75, 3.05) is 20.3 Å². The minimum atomic E-state index is -2.82. The van der Waals surface area contributed by atoms with Crippen molar-refractivity contribution in [3.63, 3.8) is 0 Å². The Labute approximate surface area is 124 Å². The summed E-state index contributed by atoms with van der Waals surface area (Å²) in [5.74, 6) is 0.132. The Morgan fingerprint density at radius 1 is 1.29 bits per heavy atom. The summed E-state index contributed by atoms with van der Waals surface area (Å²) in [4.78, 5) is 0. The van der Waals surface area contributed by atoms with Crippen LogP contribution in [0.5, 0.6) is 5.75 Å². The molecule has 0 amide bonds. The quantitative estimate of drug-likeness (QED) is 0.736. The smallest absolute Gasteiger partial charge is 0.387 e. The van der Waals surface area contributed by atoms with Crippen LogP contribution in [-0.2, 0) is 4.74 Å². The molecular weight excluding hydrogens is 280 g/mol. The lowest BCUT2D eigenvalue weighted by atomic mass is 10.0. The molecule has 1 aromatic carbocycles. The Bertz CT molecular complexity index is 410. The maximum atomic E-state index is 12.1. The highest BCUT2D eigenvalue weighted by atomic mass is 19.3. The number of rotatable bonds is 9. The van der Waals surface area contributed by atoms with Crippen LogP contribution < -0.4 is 10.1 Å². The Balaban J connectivity index is 2.49. The molecule has 0 bridgehead atoms. The fraction of sp³-hybridized carbons (Fsp3) is 0.600. The molecule has 0 fully saturated rings. The van der Waals surface area contributed by atoms with E-state index in [2.05, 4.69) is 10.1 Å². The maximum absolute atomic E-state index is 12.1. The van der Waals surface area contributed by atoms with Crippen molar-refractivity contribution in [3.05, 3.63) is 29.8 Å². The molecule has 2 N–H and O–H groups in total. The van der Waals surface area contributed by atoms with Gasteiger partial charge in [-0.25, -0.2) is 0 Å². The lowest BCUT2D eigenvalue weighted by Gasteiger charge is -2.26. The van der Waals surface area contributed by atoms with Gasteiger partial charge in [0.2, 0.25) is 0 Å². The highest BCUT2D eigenvalue weighted by Gasteiger charge is 2.20. The van der Waals surface area contributed by atoms with Gasteiger partial charge in [0.25, 0.3) is 0 Å².